The zero-order chi connectivity index (χ0) is 42.5. The molecule has 0 aromatic heterocycles. The number of Topliss-reactive ketones (excluding diaryl/α,β-unsaturated/α-hetero) is 1. The minimum Gasteiger partial charge on any atom is -0.458 e. The van der Waals surface area contributed by atoms with Gasteiger partial charge in [0.05, 0.1) is 66.2 Å². The monoisotopic (exact) mass is 834 g/mol. The van der Waals surface area contributed by atoms with Gasteiger partial charge in [-0.1, -0.05) is 45.9 Å². The van der Waals surface area contributed by atoms with E-state index in [-0.39, 0.29) is 61.1 Å². The van der Waals surface area contributed by atoms with E-state index < -0.39 is 99.6 Å². The van der Waals surface area contributed by atoms with Crippen LogP contribution < -0.4 is 4.83 Å². The van der Waals surface area contributed by atoms with Crippen LogP contribution in [0, 0.1) is 29.6 Å². The largest absolute Gasteiger partial charge is 0.458 e. The van der Waals surface area contributed by atoms with Crippen LogP contribution in [-0.4, -0.2) is 141 Å². The number of ketones is 1. The Labute approximate surface area is 342 Å². The number of ether oxygens (including phenoxy) is 6. The van der Waals surface area contributed by atoms with E-state index in [1.807, 2.05) is 53.6 Å². The third-order valence-corrected chi connectivity index (χ3v) is 14.4. The summed E-state index contributed by atoms with van der Waals surface area (Å²) in [6.45, 7) is 14.0. The molecule has 0 radical (unpaired) electrons. The van der Waals surface area contributed by atoms with Crippen molar-refractivity contribution in [3.63, 3.8) is 0 Å². The van der Waals surface area contributed by atoms with Crippen LogP contribution in [0.1, 0.15) is 74.7 Å². The Hall–Kier alpha value is -3.19. The van der Waals surface area contributed by atoms with E-state index in [4.69, 9.17) is 28.4 Å². The molecule has 5 saturated heterocycles. The van der Waals surface area contributed by atoms with Gasteiger partial charge >= 0.3 is 12.1 Å². The number of carbonyl (C=O) groups is 3. The Morgan fingerprint density at radius 1 is 1.03 bits per heavy atom. The fraction of sp³-hybridized carbons (Fsp3) is 0.756. The first-order valence-electron chi connectivity index (χ1n) is 20.5. The van der Waals surface area contributed by atoms with Crippen LogP contribution in [0.3, 0.4) is 0 Å². The summed E-state index contributed by atoms with van der Waals surface area (Å²) in [5.74, 6) is -4.62. The van der Waals surface area contributed by atoms with Crippen LogP contribution in [-0.2, 0) is 48.0 Å². The molecule has 58 heavy (non-hydrogen) atoms. The first-order chi connectivity index (χ1) is 27.2. The number of benzene rings is 1. The Bertz CT molecular complexity index is 1820. The van der Waals surface area contributed by atoms with Crippen LogP contribution in [0.25, 0.3) is 0 Å². The van der Waals surface area contributed by atoms with Crippen molar-refractivity contribution in [3.05, 3.63) is 30.3 Å². The number of rotatable bonds is 7. The maximum Gasteiger partial charge on any atom is 0.411 e. The van der Waals surface area contributed by atoms with Gasteiger partial charge in [-0.25, -0.2) is 9.63 Å². The van der Waals surface area contributed by atoms with Crippen molar-refractivity contribution in [2.75, 3.05) is 33.9 Å². The van der Waals surface area contributed by atoms with Gasteiger partial charge in [-0.3, -0.25) is 14.5 Å². The third-order valence-electron chi connectivity index (χ3n) is 13.1. The molecule has 6 rings (SSSR count). The van der Waals surface area contributed by atoms with Gasteiger partial charge in [-0.05, 0) is 73.2 Å². The highest BCUT2D eigenvalue weighted by molar-refractivity contribution is 7.89. The zero-order valence-corrected chi connectivity index (χ0v) is 36.1. The number of aliphatic hydroxyl groups excluding tert-OH is 1. The molecule has 5 heterocycles. The van der Waals surface area contributed by atoms with Crippen molar-refractivity contribution in [1.82, 2.24) is 14.6 Å². The van der Waals surface area contributed by atoms with Crippen molar-refractivity contribution in [1.29, 1.82) is 0 Å². The van der Waals surface area contributed by atoms with Gasteiger partial charge in [-0.2, -0.15) is 13.5 Å². The summed E-state index contributed by atoms with van der Waals surface area (Å²) in [5, 5.41) is 16.2. The topological polar surface area (TPSA) is 192 Å². The number of esters is 1. The van der Waals surface area contributed by atoms with E-state index in [1.165, 1.54) is 17.0 Å². The highest BCUT2D eigenvalue weighted by atomic mass is 32.2. The molecular formula is C41H62N4O12S. The standard InChI is InChI=1S/C41H62N4O12S/c1-11-31-41(8)35-24(4)32(46)22(2)18-40(7)36(56-38-33(47)30(44(9)10)17-23(3)54-38)25(5)34(26(6)37(48)55-31)52-20-27(21-53-40)29(19-45(35)39(49)57-41)42-43-58(50,51)28-15-13-12-14-16-28/h12-16,22-27,30-31,33-36,38,43,47H,11,17-21H2,1-10H3/b42-29-/t22-,23-,24+,25+,26-,27?,30+,31-,33-,34+,35+,36-,38+,40?,41?/m1/s1. The molecule has 1 aromatic rings. The molecule has 2 N–H and O–H groups in total. The molecule has 5 aliphatic heterocycles. The van der Waals surface area contributed by atoms with E-state index in [0.29, 0.717) is 6.42 Å². The van der Waals surface area contributed by atoms with Gasteiger partial charge in [0.15, 0.2) is 11.9 Å². The van der Waals surface area contributed by atoms with E-state index >= 15 is 0 Å². The van der Waals surface area contributed by atoms with Gasteiger partial charge in [0.1, 0.15) is 18.0 Å². The molecule has 5 fully saturated rings. The lowest BCUT2D eigenvalue weighted by molar-refractivity contribution is -0.302. The van der Waals surface area contributed by atoms with E-state index in [2.05, 4.69) is 9.93 Å². The number of fused-ring (bicyclic) bond motifs is 5. The lowest BCUT2D eigenvalue weighted by atomic mass is 9.73. The fourth-order valence-corrected chi connectivity index (χ4v) is 10.8. The maximum atomic E-state index is 14.8. The number of aliphatic hydroxyl groups is 1. The molecule has 0 spiro atoms. The highest BCUT2D eigenvalue weighted by Crippen LogP contribution is 2.45. The average molecular weight is 835 g/mol. The van der Waals surface area contributed by atoms with Gasteiger partial charge in [0.2, 0.25) is 0 Å². The molecule has 0 saturated carbocycles. The van der Waals surface area contributed by atoms with Crippen LogP contribution in [0.5, 0.6) is 0 Å². The van der Waals surface area contributed by atoms with Gasteiger partial charge in [0.25, 0.3) is 10.0 Å². The smallest absolute Gasteiger partial charge is 0.411 e. The summed E-state index contributed by atoms with van der Waals surface area (Å²) in [5.41, 5.74) is -2.58. The molecule has 3 unspecified atom stereocenters. The zero-order valence-electron chi connectivity index (χ0n) is 35.3. The average Bonchev–Trinajstić information content (AvgIpc) is 3.45. The molecule has 6 bridgehead atoms. The minimum absolute atomic E-state index is 0.0192. The van der Waals surface area contributed by atoms with Gasteiger partial charge in [-0.15, -0.1) is 0 Å². The van der Waals surface area contributed by atoms with Crippen LogP contribution in [0.15, 0.2) is 40.3 Å². The fourth-order valence-electron chi connectivity index (χ4n) is 9.98. The summed E-state index contributed by atoms with van der Waals surface area (Å²) >= 11 is 0. The number of nitrogens with one attached hydrogen (secondary N) is 1. The number of hydrogen-bond donors (Lipinski definition) is 2. The minimum atomic E-state index is -4.18. The number of likely N-dealkylation sites (N-methyl/N-ethyl adjacent to an activating group) is 1. The first kappa shape index (κ1) is 44.4. The predicted octanol–water partition coefficient (Wildman–Crippen LogP) is 3.35. The second-order valence-corrected chi connectivity index (χ2v) is 19.3. The SMILES string of the molecule is CC[C@H]1OC(=O)[C@H](C)[C@H]2OCC3COC(C)(C[C@@H](C)C(=O)[C@H](C)[C@@H]4N(C/C3=N/NS(=O)(=O)c3ccccc3)C(=O)OC41C)[C@H](O[C@@H]1O[C@H](C)C[C@H](N(C)C)[C@H]1O)[C@H]2C. The van der Waals surface area contributed by atoms with Crippen molar-refractivity contribution in [2.45, 2.75) is 140 Å². The van der Waals surface area contributed by atoms with Crippen molar-refractivity contribution < 1.29 is 56.3 Å². The number of sulfonamides is 1. The Morgan fingerprint density at radius 3 is 2.38 bits per heavy atom. The summed E-state index contributed by atoms with van der Waals surface area (Å²) < 4.78 is 66.5. The number of carbonyl (C=O) groups excluding carboxylic acids is 3. The summed E-state index contributed by atoms with van der Waals surface area (Å²) in [6, 6.07) is 6.53. The van der Waals surface area contributed by atoms with E-state index in [0.717, 1.165) is 0 Å². The van der Waals surface area contributed by atoms with E-state index in [1.54, 1.807) is 39.0 Å². The molecule has 5 aliphatic rings. The Kier molecular flexibility index (Phi) is 13.0. The number of amides is 1. The van der Waals surface area contributed by atoms with Gasteiger partial charge in [0, 0.05) is 29.7 Å². The molecule has 0 aliphatic carbocycles. The number of nitrogens with zero attached hydrogens (tertiary/aromatic N) is 3. The van der Waals surface area contributed by atoms with Crippen molar-refractivity contribution >= 4 is 33.6 Å². The molecule has 1 aromatic carbocycles. The molecule has 1 amide bonds. The first-order valence-corrected chi connectivity index (χ1v) is 22.0. The maximum absolute atomic E-state index is 14.8. The molecule has 17 heteroatoms. The lowest BCUT2D eigenvalue weighted by Crippen LogP contribution is -2.61. The summed E-state index contributed by atoms with van der Waals surface area (Å²) in [6.07, 6.45) is -4.99. The van der Waals surface area contributed by atoms with Crippen molar-refractivity contribution in [2.24, 2.45) is 34.7 Å². The lowest BCUT2D eigenvalue weighted by Gasteiger charge is -2.48. The highest BCUT2D eigenvalue weighted by Gasteiger charge is 2.61. The molecular weight excluding hydrogens is 773 g/mol. The second-order valence-electron chi connectivity index (χ2n) is 17.7. The normalized spacial score (nSPS) is 42.3. The quantitative estimate of drug-likeness (QED) is 0.301. The van der Waals surface area contributed by atoms with Gasteiger partial charge < -0.3 is 38.4 Å². The van der Waals surface area contributed by atoms with Crippen LogP contribution in [0.4, 0.5) is 4.79 Å². The summed E-state index contributed by atoms with van der Waals surface area (Å²) in [4.78, 5) is 49.0. The number of hydrogen-bond acceptors (Lipinski definition) is 14. The molecule has 16 nitrogen and oxygen atoms in total. The Balaban J connectivity index is 1.56. The van der Waals surface area contributed by atoms with E-state index in [9.17, 15) is 27.9 Å². The predicted molar refractivity (Wildman–Crippen MR) is 211 cm³/mol. The number of cyclic esters (lactones) is 1. The molecule has 15 atom stereocenters. The van der Waals surface area contributed by atoms with Crippen molar-refractivity contribution in [3.8, 4) is 0 Å². The summed E-state index contributed by atoms with van der Waals surface area (Å²) in [7, 11) is -0.406. The third kappa shape index (κ3) is 8.41. The second kappa shape index (κ2) is 17.1. The van der Waals surface area contributed by atoms with Crippen LogP contribution in [0.2, 0.25) is 0 Å². The number of hydrazone groups is 1. The van der Waals surface area contributed by atoms with Crippen LogP contribution >= 0.6 is 0 Å². The Morgan fingerprint density at radius 2 is 1.72 bits per heavy atom. The molecule has 324 valence electrons.